The minimum absolute atomic E-state index is 0.0654. The second-order valence-electron chi connectivity index (χ2n) is 7.06. The van der Waals surface area contributed by atoms with E-state index in [9.17, 15) is 22.0 Å². The molecule has 0 saturated heterocycles. The van der Waals surface area contributed by atoms with Gasteiger partial charge in [-0.2, -0.15) is 5.10 Å². The van der Waals surface area contributed by atoms with E-state index in [1.54, 1.807) is 0 Å². The van der Waals surface area contributed by atoms with Crippen LogP contribution in [-0.4, -0.2) is 42.8 Å². The van der Waals surface area contributed by atoms with Crippen molar-refractivity contribution in [2.45, 2.75) is 30.1 Å². The monoisotopic (exact) mass is 420 g/mol. The lowest BCUT2D eigenvalue weighted by atomic mass is 9.95. The largest absolute Gasteiger partial charge is 0.354 e. The third-order valence-electron chi connectivity index (χ3n) is 4.99. The highest BCUT2D eigenvalue weighted by atomic mass is 32.2. The summed E-state index contributed by atoms with van der Waals surface area (Å²) in [5, 5.41) is 10.4. The Balaban J connectivity index is 2.06. The van der Waals surface area contributed by atoms with Crippen molar-refractivity contribution in [3.05, 3.63) is 41.3 Å². The first-order chi connectivity index (χ1) is 13.7. The molecule has 0 radical (unpaired) electrons. The maximum atomic E-state index is 13.7. The van der Waals surface area contributed by atoms with Gasteiger partial charge < -0.3 is 5.32 Å². The van der Waals surface area contributed by atoms with Gasteiger partial charge in [-0.1, -0.05) is 6.07 Å². The van der Waals surface area contributed by atoms with Gasteiger partial charge in [-0.15, -0.1) is 0 Å². The fourth-order valence-electron chi connectivity index (χ4n) is 3.49. The number of carbonyl (C=O) groups excluding carboxylic acids is 1. The molecule has 2 N–H and O–H groups in total. The van der Waals surface area contributed by atoms with Gasteiger partial charge in [-0.3, -0.25) is 9.89 Å². The Hall–Kier alpha value is -2.88. The van der Waals surface area contributed by atoms with Crippen LogP contribution in [0.1, 0.15) is 46.9 Å². The highest BCUT2D eigenvalue weighted by Gasteiger charge is 2.31. The van der Waals surface area contributed by atoms with Gasteiger partial charge >= 0.3 is 0 Å². The van der Waals surface area contributed by atoms with Crippen LogP contribution in [0.5, 0.6) is 0 Å². The molecule has 3 aromatic rings. The molecule has 4 rings (SSSR count). The van der Waals surface area contributed by atoms with E-state index in [1.165, 1.54) is 19.3 Å². The summed E-state index contributed by atoms with van der Waals surface area (Å²) in [4.78, 5) is 16.2. The van der Waals surface area contributed by atoms with Crippen molar-refractivity contribution < 1.29 is 22.0 Å². The average Bonchev–Trinajstić information content (AvgIpc) is 3.44. The fraction of sp³-hybridized carbons (Fsp3) is 0.316. The van der Waals surface area contributed by atoms with E-state index in [0.29, 0.717) is 16.5 Å². The van der Waals surface area contributed by atoms with Crippen LogP contribution in [0, 0.1) is 0 Å². The van der Waals surface area contributed by atoms with Crippen molar-refractivity contribution in [2.24, 2.45) is 0 Å². The summed E-state index contributed by atoms with van der Waals surface area (Å²) in [6.45, 7) is 0. The highest BCUT2D eigenvalue weighted by molar-refractivity contribution is 7.90. The molecule has 0 spiro atoms. The number of carbonyl (C=O) groups is 1. The number of hydrogen-bond acceptors (Lipinski definition) is 5. The van der Waals surface area contributed by atoms with Crippen LogP contribution in [0.4, 0.5) is 8.78 Å². The van der Waals surface area contributed by atoms with E-state index < -0.39 is 32.6 Å². The number of fused-ring (bicyclic) bond motifs is 1. The third-order valence-corrected chi connectivity index (χ3v) is 6.16. The number of nitrogens with zero attached hydrogens (tertiary/aromatic N) is 2. The molecule has 0 atom stereocenters. The first kappa shape index (κ1) is 19.4. The van der Waals surface area contributed by atoms with E-state index in [2.05, 4.69) is 20.5 Å². The Morgan fingerprint density at radius 1 is 1.31 bits per heavy atom. The number of H-pyrrole nitrogens is 1. The molecule has 7 nitrogen and oxygen atoms in total. The Labute approximate surface area is 165 Å². The van der Waals surface area contributed by atoms with Gasteiger partial charge in [0.1, 0.15) is 11.2 Å². The summed E-state index contributed by atoms with van der Waals surface area (Å²) in [6.07, 6.45) is 1.27. The second kappa shape index (κ2) is 6.87. The molecule has 152 valence electrons. The quantitative estimate of drug-likeness (QED) is 0.660. The third kappa shape index (κ3) is 3.37. The molecule has 1 fully saturated rings. The first-order valence-corrected chi connectivity index (χ1v) is 10.8. The topological polar surface area (TPSA) is 105 Å². The summed E-state index contributed by atoms with van der Waals surface area (Å²) in [5.74, 6) is -0.223. The number of nitrogens with one attached hydrogen (secondary N) is 2. The lowest BCUT2D eigenvalue weighted by molar-refractivity contribution is 0.0959. The van der Waals surface area contributed by atoms with Crippen molar-refractivity contribution in [1.82, 2.24) is 20.5 Å². The zero-order chi connectivity index (χ0) is 20.9. The van der Waals surface area contributed by atoms with Gasteiger partial charge in [0, 0.05) is 41.4 Å². The van der Waals surface area contributed by atoms with Crippen molar-refractivity contribution >= 4 is 26.6 Å². The number of alkyl halides is 2. The van der Waals surface area contributed by atoms with Crippen LogP contribution < -0.4 is 5.32 Å². The Morgan fingerprint density at radius 2 is 2.03 bits per heavy atom. The van der Waals surface area contributed by atoms with Crippen molar-refractivity contribution in [1.29, 1.82) is 0 Å². The van der Waals surface area contributed by atoms with Gasteiger partial charge in [0.05, 0.1) is 11.1 Å². The summed E-state index contributed by atoms with van der Waals surface area (Å²) in [7, 11) is -2.39. The second-order valence-corrected chi connectivity index (χ2v) is 9.04. The van der Waals surface area contributed by atoms with Crippen LogP contribution in [-0.2, 0) is 9.84 Å². The van der Waals surface area contributed by atoms with Crippen LogP contribution in [0.2, 0.25) is 0 Å². The fourth-order valence-corrected chi connectivity index (χ4v) is 4.38. The first-order valence-electron chi connectivity index (χ1n) is 8.94. The van der Waals surface area contributed by atoms with E-state index in [4.69, 9.17) is 0 Å². The summed E-state index contributed by atoms with van der Waals surface area (Å²) < 4.78 is 51.2. The van der Waals surface area contributed by atoms with Crippen molar-refractivity contribution in [2.75, 3.05) is 13.3 Å². The lowest BCUT2D eigenvalue weighted by Crippen LogP contribution is -2.20. The normalized spacial score (nSPS) is 14.5. The number of halogens is 2. The summed E-state index contributed by atoms with van der Waals surface area (Å²) >= 11 is 0. The molecular weight excluding hydrogens is 402 g/mol. The molecule has 0 aliphatic heterocycles. The number of benzene rings is 1. The molecule has 1 aliphatic rings. The molecule has 1 amide bonds. The number of rotatable bonds is 5. The Kier molecular flexibility index (Phi) is 4.60. The molecule has 1 aromatic carbocycles. The number of aromatic nitrogens is 3. The molecular formula is C19H18F2N4O3S. The maximum absolute atomic E-state index is 13.7. The van der Waals surface area contributed by atoms with Crippen LogP contribution in [0.15, 0.2) is 29.3 Å². The minimum Gasteiger partial charge on any atom is -0.354 e. The van der Waals surface area contributed by atoms with Gasteiger partial charge in [-0.05, 0) is 30.5 Å². The Bertz CT molecular complexity index is 1230. The number of hydrogen-bond donors (Lipinski definition) is 2. The molecule has 29 heavy (non-hydrogen) atoms. The molecule has 2 aromatic heterocycles. The average molecular weight is 420 g/mol. The smallest absolute Gasteiger partial charge is 0.270 e. The highest BCUT2D eigenvalue weighted by Crippen LogP contribution is 2.45. The molecule has 1 aliphatic carbocycles. The minimum atomic E-state index is -3.85. The number of sulfone groups is 1. The molecule has 1 saturated carbocycles. The predicted molar refractivity (Wildman–Crippen MR) is 103 cm³/mol. The standard InChI is InChI=1S/C19H18F2N4O3S/c1-22-19(26)17-14(15-12(8-23-17)24-25-16(15)9-3-4-9)10-5-6-13(29(2,27)28)11(7-10)18(20)21/h5-9,18H,3-4H2,1-2H3,(H,22,26)(H,24,25). The van der Waals surface area contributed by atoms with E-state index >= 15 is 0 Å². The molecule has 10 heteroatoms. The van der Waals surface area contributed by atoms with Gasteiger partial charge in [0.15, 0.2) is 9.84 Å². The summed E-state index contributed by atoms with van der Waals surface area (Å²) in [5.41, 5.74) is 1.44. The SMILES string of the molecule is CNC(=O)c1ncc2n[nH]c(C3CC3)c2c1-c1ccc(S(C)(=O)=O)c(C(F)F)c1. The number of pyridine rings is 1. The molecule has 0 unspecified atom stereocenters. The Morgan fingerprint density at radius 3 is 2.62 bits per heavy atom. The van der Waals surface area contributed by atoms with E-state index in [-0.39, 0.29) is 17.2 Å². The summed E-state index contributed by atoms with van der Waals surface area (Å²) in [6, 6.07) is 3.69. The maximum Gasteiger partial charge on any atom is 0.270 e. The van der Waals surface area contributed by atoms with Crippen LogP contribution in [0.3, 0.4) is 0 Å². The number of amides is 1. The predicted octanol–water partition coefficient (Wildman–Crippen LogP) is 3.20. The van der Waals surface area contributed by atoms with E-state index in [1.807, 2.05) is 0 Å². The van der Waals surface area contributed by atoms with Crippen LogP contribution >= 0.6 is 0 Å². The molecule has 2 heterocycles. The van der Waals surface area contributed by atoms with Gasteiger partial charge in [0.25, 0.3) is 12.3 Å². The van der Waals surface area contributed by atoms with Crippen molar-refractivity contribution in [3.63, 3.8) is 0 Å². The molecule has 0 bridgehead atoms. The van der Waals surface area contributed by atoms with Crippen LogP contribution in [0.25, 0.3) is 22.0 Å². The lowest BCUT2D eigenvalue weighted by Gasteiger charge is -2.14. The zero-order valence-electron chi connectivity index (χ0n) is 15.7. The van der Waals surface area contributed by atoms with Gasteiger partial charge in [0.2, 0.25) is 0 Å². The number of aromatic amines is 1. The van der Waals surface area contributed by atoms with E-state index in [0.717, 1.165) is 36.9 Å². The van der Waals surface area contributed by atoms with Crippen molar-refractivity contribution in [3.8, 4) is 11.1 Å². The van der Waals surface area contributed by atoms with Gasteiger partial charge in [-0.25, -0.2) is 22.2 Å². The zero-order valence-corrected chi connectivity index (χ0v) is 16.5.